The molecule has 0 spiro atoms. The number of hydrogen-bond acceptors (Lipinski definition) is 3. The maximum atomic E-state index is 13.3. The first-order valence-corrected chi connectivity index (χ1v) is 10.1. The van der Waals surface area contributed by atoms with Gasteiger partial charge in [-0.15, -0.1) is 0 Å². The summed E-state index contributed by atoms with van der Waals surface area (Å²) in [4.78, 5) is 4.57. The summed E-state index contributed by atoms with van der Waals surface area (Å²) in [6, 6.07) is 5.10. The van der Waals surface area contributed by atoms with Gasteiger partial charge in [-0.2, -0.15) is 0 Å². The maximum Gasteiger partial charge on any atom is 0.191 e. The summed E-state index contributed by atoms with van der Waals surface area (Å²) in [5, 5.41) is 6.55. The molecule has 26 heavy (non-hydrogen) atoms. The van der Waals surface area contributed by atoms with Crippen LogP contribution >= 0.6 is 15.9 Å². The molecular weight excluding hydrogens is 401 g/mol. The molecule has 1 fully saturated rings. The number of nitrogens with one attached hydrogen (secondary N) is 2. The van der Waals surface area contributed by atoms with Crippen molar-refractivity contribution in [3.63, 3.8) is 0 Å². The summed E-state index contributed by atoms with van der Waals surface area (Å²) in [6.07, 6.45) is 2.81. The SMILES string of the molecule is CCNC(=NCCCOCC1CCOC1)NCCc1ccc(F)c(Br)c1. The van der Waals surface area contributed by atoms with Gasteiger partial charge in [0.1, 0.15) is 5.82 Å². The number of guanidine groups is 1. The van der Waals surface area contributed by atoms with E-state index in [0.29, 0.717) is 10.4 Å². The van der Waals surface area contributed by atoms with Crippen LogP contribution in [0.3, 0.4) is 0 Å². The lowest BCUT2D eigenvalue weighted by molar-refractivity contribution is 0.0893. The number of halogens is 2. The van der Waals surface area contributed by atoms with Crippen LogP contribution in [-0.4, -0.2) is 52.0 Å². The zero-order valence-electron chi connectivity index (χ0n) is 15.4. The van der Waals surface area contributed by atoms with E-state index in [1.165, 1.54) is 6.07 Å². The second kappa shape index (κ2) is 12.3. The Labute approximate surface area is 163 Å². The monoisotopic (exact) mass is 429 g/mol. The third kappa shape index (κ3) is 8.01. The lowest BCUT2D eigenvalue weighted by Gasteiger charge is -2.12. The highest BCUT2D eigenvalue weighted by Gasteiger charge is 2.15. The van der Waals surface area contributed by atoms with E-state index in [-0.39, 0.29) is 5.82 Å². The van der Waals surface area contributed by atoms with Gasteiger partial charge in [-0.1, -0.05) is 6.07 Å². The average molecular weight is 430 g/mol. The van der Waals surface area contributed by atoms with Gasteiger partial charge in [0.05, 0.1) is 17.7 Å². The van der Waals surface area contributed by atoms with Crippen molar-refractivity contribution in [3.8, 4) is 0 Å². The molecule has 1 aromatic carbocycles. The first-order chi connectivity index (χ1) is 12.7. The van der Waals surface area contributed by atoms with Gasteiger partial charge >= 0.3 is 0 Å². The van der Waals surface area contributed by atoms with Gasteiger partial charge in [0.25, 0.3) is 0 Å². The van der Waals surface area contributed by atoms with E-state index in [9.17, 15) is 4.39 Å². The Balaban J connectivity index is 1.62. The lowest BCUT2D eigenvalue weighted by atomic mass is 10.1. The molecule has 0 amide bonds. The number of nitrogens with zero attached hydrogens (tertiary/aromatic N) is 1. The largest absolute Gasteiger partial charge is 0.381 e. The van der Waals surface area contributed by atoms with Gasteiger partial charge in [-0.05, 0) is 59.8 Å². The van der Waals surface area contributed by atoms with Crippen molar-refractivity contribution >= 4 is 21.9 Å². The molecule has 2 rings (SSSR count). The minimum Gasteiger partial charge on any atom is -0.381 e. The molecular formula is C19H29BrFN3O2. The normalized spacial score (nSPS) is 17.5. The summed E-state index contributed by atoms with van der Waals surface area (Å²) in [7, 11) is 0. The van der Waals surface area contributed by atoms with Crippen molar-refractivity contribution in [3.05, 3.63) is 34.1 Å². The third-order valence-corrected chi connectivity index (χ3v) is 4.74. The summed E-state index contributed by atoms with van der Waals surface area (Å²) in [5.41, 5.74) is 1.07. The highest BCUT2D eigenvalue weighted by Crippen LogP contribution is 2.16. The van der Waals surface area contributed by atoms with Crippen LogP contribution in [0.25, 0.3) is 0 Å². The molecule has 1 aliphatic rings. The predicted molar refractivity (Wildman–Crippen MR) is 106 cm³/mol. The summed E-state index contributed by atoms with van der Waals surface area (Å²) >= 11 is 3.22. The quantitative estimate of drug-likeness (QED) is 0.340. The third-order valence-electron chi connectivity index (χ3n) is 4.13. The molecule has 146 valence electrons. The topological polar surface area (TPSA) is 54.9 Å². The molecule has 2 N–H and O–H groups in total. The van der Waals surface area contributed by atoms with Crippen LogP contribution in [0.15, 0.2) is 27.7 Å². The Morgan fingerprint density at radius 1 is 1.42 bits per heavy atom. The zero-order valence-corrected chi connectivity index (χ0v) is 17.0. The van der Waals surface area contributed by atoms with Crippen LogP contribution in [0.2, 0.25) is 0 Å². The molecule has 1 saturated heterocycles. The highest BCUT2D eigenvalue weighted by atomic mass is 79.9. The van der Waals surface area contributed by atoms with E-state index < -0.39 is 0 Å². The fraction of sp³-hybridized carbons (Fsp3) is 0.632. The maximum absolute atomic E-state index is 13.3. The molecule has 0 bridgehead atoms. The van der Waals surface area contributed by atoms with Crippen LogP contribution < -0.4 is 10.6 Å². The Kier molecular flexibility index (Phi) is 9.95. The van der Waals surface area contributed by atoms with E-state index in [1.807, 2.05) is 13.0 Å². The second-order valence-electron chi connectivity index (χ2n) is 6.34. The van der Waals surface area contributed by atoms with E-state index >= 15 is 0 Å². The fourth-order valence-corrected chi connectivity index (χ4v) is 3.11. The van der Waals surface area contributed by atoms with Crippen LogP contribution in [0, 0.1) is 11.7 Å². The van der Waals surface area contributed by atoms with Crippen molar-refractivity contribution in [2.45, 2.75) is 26.2 Å². The van der Waals surface area contributed by atoms with Gasteiger partial charge < -0.3 is 20.1 Å². The molecule has 0 aromatic heterocycles. The number of hydrogen-bond donors (Lipinski definition) is 2. The molecule has 1 aromatic rings. The smallest absolute Gasteiger partial charge is 0.191 e. The van der Waals surface area contributed by atoms with E-state index in [2.05, 4.69) is 31.6 Å². The van der Waals surface area contributed by atoms with Crippen LogP contribution in [0.5, 0.6) is 0 Å². The number of benzene rings is 1. The molecule has 5 nitrogen and oxygen atoms in total. The first-order valence-electron chi connectivity index (χ1n) is 9.30. The lowest BCUT2D eigenvalue weighted by Crippen LogP contribution is -2.38. The van der Waals surface area contributed by atoms with Gasteiger partial charge in [0, 0.05) is 38.8 Å². The zero-order chi connectivity index (χ0) is 18.6. The van der Waals surface area contributed by atoms with Crippen LogP contribution in [-0.2, 0) is 15.9 Å². The van der Waals surface area contributed by atoms with E-state index in [4.69, 9.17) is 9.47 Å². The van der Waals surface area contributed by atoms with Crippen molar-refractivity contribution in [1.82, 2.24) is 10.6 Å². The first kappa shape index (κ1) is 21.1. The Bertz CT molecular complexity index is 566. The van der Waals surface area contributed by atoms with Crippen molar-refractivity contribution in [1.29, 1.82) is 0 Å². The molecule has 0 radical (unpaired) electrons. The van der Waals surface area contributed by atoms with Gasteiger partial charge in [0.15, 0.2) is 5.96 Å². The number of ether oxygens (including phenoxy) is 2. The minimum absolute atomic E-state index is 0.237. The molecule has 7 heteroatoms. The molecule has 0 aliphatic carbocycles. The average Bonchev–Trinajstić information content (AvgIpc) is 3.14. The Hall–Kier alpha value is -1.18. The second-order valence-corrected chi connectivity index (χ2v) is 7.20. The Morgan fingerprint density at radius 3 is 3.04 bits per heavy atom. The van der Waals surface area contributed by atoms with Crippen molar-refractivity contribution in [2.24, 2.45) is 10.9 Å². The molecule has 1 unspecified atom stereocenters. The standard InChI is InChI=1S/C19H29BrFN3O2/c1-2-22-19(23-8-3-10-25-13-16-7-11-26-14-16)24-9-6-15-4-5-18(21)17(20)12-15/h4-5,12,16H,2-3,6-11,13-14H2,1H3,(H2,22,23,24). The van der Waals surface area contributed by atoms with Crippen LogP contribution in [0.4, 0.5) is 4.39 Å². The number of aliphatic imine (C=N–C) groups is 1. The Morgan fingerprint density at radius 2 is 2.31 bits per heavy atom. The highest BCUT2D eigenvalue weighted by molar-refractivity contribution is 9.10. The summed E-state index contributed by atoms with van der Waals surface area (Å²) in [5.74, 6) is 1.13. The fourth-order valence-electron chi connectivity index (χ4n) is 2.68. The summed E-state index contributed by atoms with van der Waals surface area (Å²) in [6.45, 7) is 7.52. The minimum atomic E-state index is -0.237. The van der Waals surface area contributed by atoms with Gasteiger partial charge in [0.2, 0.25) is 0 Å². The predicted octanol–water partition coefficient (Wildman–Crippen LogP) is 3.13. The van der Waals surface area contributed by atoms with Gasteiger partial charge in [-0.25, -0.2) is 4.39 Å². The number of rotatable bonds is 10. The van der Waals surface area contributed by atoms with Crippen molar-refractivity contribution in [2.75, 3.05) is 46.1 Å². The van der Waals surface area contributed by atoms with E-state index in [0.717, 1.165) is 76.8 Å². The van der Waals surface area contributed by atoms with Crippen LogP contribution in [0.1, 0.15) is 25.3 Å². The van der Waals surface area contributed by atoms with E-state index in [1.54, 1.807) is 6.07 Å². The molecule has 1 atom stereocenters. The molecule has 1 heterocycles. The van der Waals surface area contributed by atoms with Crippen molar-refractivity contribution < 1.29 is 13.9 Å². The summed E-state index contributed by atoms with van der Waals surface area (Å²) < 4.78 is 24.8. The van der Waals surface area contributed by atoms with Gasteiger partial charge in [-0.3, -0.25) is 4.99 Å². The molecule has 0 saturated carbocycles. The molecule has 1 aliphatic heterocycles.